The maximum atomic E-state index is 12.3. The fourth-order valence-corrected chi connectivity index (χ4v) is 2.61. The van der Waals surface area contributed by atoms with Gasteiger partial charge in [0.2, 0.25) is 0 Å². The van der Waals surface area contributed by atoms with Crippen molar-refractivity contribution in [2.45, 2.75) is 6.42 Å². The number of amides is 1. The molecule has 0 saturated carbocycles. The second kappa shape index (κ2) is 10.6. The molecule has 0 radical (unpaired) electrons. The molecule has 0 atom stereocenters. The number of rotatable bonds is 9. The number of ether oxygens (including phenoxy) is 2. The van der Waals surface area contributed by atoms with Gasteiger partial charge < -0.3 is 25.0 Å². The zero-order valence-corrected chi connectivity index (χ0v) is 17.2. The number of hydrogen-bond acceptors (Lipinski definition) is 6. The predicted molar refractivity (Wildman–Crippen MR) is 114 cm³/mol. The van der Waals surface area contributed by atoms with Crippen molar-refractivity contribution < 1.29 is 14.3 Å². The van der Waals surface area contributed by atoms with Crippen LogP contribution in [0.25, 0.3) is 0 Å². The first-order valence-electron chi connectivity index (χ1n) is 9.11. The van der Waals surface area contributed by atoms with E-state index in [2.05, 4.69) is 10.6 Å². The van der Waals surface area contributed by atoms with E-state index >= 15 is 0 Å². The summed E-state index contributed by atoms with van der Waals surface area (Å²) in [6.45, 7) is 0.394. The van der Waals surface area contributed by atoms with Crippen LogP contribution in [0.5, 0.6) is 11.5 Å². The molecular weight excluding hydrogens is 368 g/mol. The Labute approximate surface area is 171 Å². The van der Waals surface area contributed by atoms with Crippen molar-refractivity contribution in [3.8, 4) is 17.6 Å². The van der Waals surface area contributed by atoms with Crippen molar-refractivity contribution in [2.24, 2.45) is 0 Å². The van der Waals surface area contributed by atoms with Crippen LogP contribution in [0, 0.1) is 11.3 Å². The standard InChI is InChI=1S/C22H26N4O3/c1-26(2)19-8-6-18(7-9-19)25-15-17(14-23)22(27)24-12-11-16-5-10-20(28-3)21(13-16)29-4/h5-10,13,15,25H,11-12H2,1-4H3,(H,24,27)/b17-15-. The fourth-order valence-electron chi connectivity index (χ4n) is 2.61. The van der Waals surface area contributed by atoms with Crippen molar-refractivity contribution in [1.29, 1.82) is 5.26 Å². The Bertz CT molecular complexity index is 899. The Kier molecular flexibility index (Phi) is 7.92. The minimum atomic E-state index is -0.426. The van der Waals surface area contributed by atoms with Crippen LogP contribution < -0.4 is 25.0 Å². The number of hydrogen-bond donors (Lipinski definition) is 2. The lowest BCUT2D eigenvalue weighted by atomic mass is 10.1. The van der Waals surface area contributed by atoms with E-state index < -0.39 is 5.91 Å². The molecule has 0 aromatic heterocycles. The average molecular weight is 394 g/mol. The molecule has 152 valence electrons. The number of benzene rings is 2. The predicted octanol–water partition coefficient (Wildman–Crippen LogP) is 2.95. The Balaban J connectivity index is 1.91. The van der Waals surface area contributed by atoms with E-state index in [0.29, 0.717) is 24.5 Å². The maximum absolute atomic E-state index is 12.3. The summed E-state index contributed by atoms with van der Waals surface area (Å²) in [5, 5.41) is 15.0. The molecule has 0 spiro atoms. The first-order chi connectivity index (χ1) is 14.0. The quantitative estimate of drug-likeness (QED) is 0.502. The summed E-state index contributed by atoms with van der Waals surface area (Å²) in [5.41, 5.74) is 2.85. The molecule has 0 aliphatic heterocycles. The lowest BCUT2D eigenvalue weighted by Crippen LogP contribution is -2.27. The average Bonchev–Trinajstić information content (AvgIpc) is 2.74. The molecule has 2 aromatic rings. The van der Waals surface area contributed by atoms with E-state index in [9.17, 15) is 10.1 Å². The molecule has 7 heteroatoms. The number of carbonyl (C=O) groups excluding carboxylic acids is 1. The van der Waals surface area contributed by atoms with Gasteiger partial charge in [-0.15, -0.1) is 0 Å². The summed E-state index contributed by atoms with van der Waals surface area (Å²) in [7, 11) is 7.08. The van der Waals surface area contributed by atoms with Crippen molar-refractivity contribution in [3.05, 3.63) is 59.8 Å². The Morgan fingerprint density at radius 1 is 1.10 bits per heavy atom. The van der Waals surface area contributed by atoms with Crippen LogP contribution in [-0.4, -0.2) is 40.8 Å². The highest BCUT2D eigenvalue weighted by Crippen LogP contribution is 2.27. The highest BCUT2D eigenvalue weighted by atomic mass is 16.5. The van der Waals surface area contributed by atoms with E-state index in [1.54, 1.807) is 14.2 Å². The van der Waals surface area contributed by atoms with Gasteiger partial charge in [-0.25, -0.2) is 0 Å². The van der Waals surface area contributed by atoms with Crippen LogP contribution in [0.4, 0.5) is 11.4 Å². The molecule has 2 N–H and O–H groups in total. The molecule has 0 aliphatic rings. The van der Waals surface area contributed by atoms with Gasteiger partial charge in [0.05, 0.1) is 14.2 Å². The van der Waals surface area contributed by atoms with Gasteiger partial charge in [-0.3, -0.25) is 4.79 Å². The van der Waals surface area contributed by atoms with E-state index in [1.807, 2.05) is 67.5 Å². The molecule has 29 heavy (non-hydrogen) atoms. The maximum Gasteiger partial charge on any atom is 0.263 e. The smallest absolute Gasteiger partial charge is 0.263 e. The van der Waals surface area contributed by atoms with Gasteiger partial charge in [-0.05, 0) is 48.4 Å². The summed E-state index contributed by atoms with van der Waals surface area (Å²) in [5.74, 6) is 0.864. The van der Waals surface area contributed by atoms with E-state index in [-0.39, 0.29) is 5.57 Å². The van der Waals surface area contributed by atoms with Gasteiger partial charge in [0, 0.05) is 38.2 Å². The molecule has 2 rings (SSSR count). The number of nitriles is 1. The number of nitrogens with zero attached hydrogens (tertiary/aromatic N) is 2. The fraction of sp³-hybridized carbons (Fsp3) is 0.273. The summed E-state index contributed by atoms with van der Waals surface area (Å²) >= 11 is 0. The molecule has 0 heterocycles. The van der Waals surface area contributed by atoms with Gasteiger partial charge in [-0.2, -0.15) is 5.26 Å². The zero-order valence-electron chi connectivity index (χ0n) is 17.2. The third-order valence-corrected chi connectivity index (χ3v) is 4.28. The van der Waals surface area contributed by atoms with Crippen LogP contribution in [0.2, 0.25) is 0 Å². The molecule has 0 bridgehead atoms. The van der Waals surface area contributed by atoms with Crippen molar-refractivity contribution >= 4 is 17.3 Å². The highest BCUT2D eigenvalue weighted by molar-refractivity contribution is 5.97. The van der Waals surface area contributed by atoms with Crippen LogP contribution in [0.15, 0.2) is 54.2 Å². The second-order valence-corrected chi connectivity index (χ2v) is 6.45. The number of methoxy groups -OCH3 is 2. The summed E-state index contributed by atoms with van der Waals surface area (Å²) in [6.07, 6.45) is 2.01. The minimum absolute atomic E-state index is 0.00833. The Hall–Kier alpha value is -3.66. The van der Waals surface area contributed by atoms with Crippen LogP contribution in [0.3, 0.4) is 0 Å². The first-order valence-corrected chi connectivity index (χ1v) is 9.11. The Morgan fingerprint density at radius 3 is 2.38 bits per heavy atom. The number of carbonyl (C=O) groups is 1. The first kappa shape index (κ1) is 21.6. The van der Waals surface area contributed by atoms with Crippen molar-refractivity contribution in [2.75, 3.05) is 45.1 Å². The molecule has 2 aromatic carbocycles. The summed E-state index contributed by atoms with van der Waals surface area (Å²) in [4.78, 5) is 14.3. The SMILES string of the molecule is COc1ccc(CCNC(=O)/C(C#N)=C\Nc2ccc(N(C)C)cc2)cc1OC. The van der Waals surface area contributed by atoms with Crippen LogP contribution in [-0.2, 0) is 11.2 Å². The summed E-state index contributed by atoms with van der Waals surface area (Å²) in [6, 6.07) is 15.2. The topological polar surface area (TPSA) is 86.6 Å². The van der Waals surface area contributed by atoms with Crippen molar-refractivity contribution in [3.63, 3.8) is 0 Å². The van der Waals surface area contributed by atoms with Gasteiger partial charge in [-0.1, -0.05) is 6.07 Å². The molecule has 1 amide bonds. The van der Waals surface area contributed by atoms with Gasteiger partial charge in [0.25, 0.3) is 5.91 Å². The lowest BCUT2D eigenvalue weighted by Gasteiger charge is -2.12. The van der Waals surface area contributed by atoms with E-state index in [0.717, 1.165) is 16.9 Å². The normalized spacial score (nSPS) is 10.7. The minimum Gasteiger partial charge on any atom is -0.493 e. The summed E-state index contributed by atoms with van der Waals surface area (Å²) < 4.78 is 10.5. The van der Waals surface area contributed by atoms with Gasteiger partial charge >= 0.3 is 0 Å². The van der Waals surface area contributed by atoms with E-state index in [1.165, 1.54) is 6.20 Å². The Morgan fingerprint density at radius 2 is 1.79 bits per heavy atom. The van der Waals surface area contributed by atoms with Gasteiger partial charge in [0.1, 0.15) is 11.6 Å². The molecule has 7 nitrogen and oxygen atoms in total. The largest absolute Gasteiger partial charge is 0.493 e. The third kappa shape index (κ3) is 6.18. The van der Waals surface area contributed by atoms with Crippen LogP contribution >= 0.6 is 0 Å². The van der Waals surface area contributed by atoms with Gasteiger partial charge in [0.15, 0.2) is 11.5 Å². The molecule has 0 aliphatic carbocycles. The molecule has 0 saturated heterocycles. The third-order valence-electron chi connectivity index (χ3n) is 4.28. The molecule has 0 fully saturated rings. The van der Waals surface area contributed by atoms with Crippen LogP contribution in [0.1, 0.15) is 5.56 Å². The lowest BCUT2D eigenvalue weighted by molar-refractivity contribution is -0.117. The molecular formula is C22H26N4O3. The second-order valence-electron chi connectivity index (χ2n) is 6.45. The van der Waals surface area contributed by atoms with Crippen molar-refractivity contribution in [1.82, 2.24) is 5.32 Å². The van der Waals surface area contributed by atoms with E-state index in [4.69, 9.17) is 9.47 Å². The number of nitrogens with one attached hydrogen (secondary N) is 2. The zero-order chi connectivity index (χ0) is 21.2. The monoisotopic (exact) mass is 394 g/mol. The molecule has 0 unspecified atom stereocenters. The number of anilines is 2. The highest BCUT2D eigenvalue weighted by Gasteiger charge is 2.09.